The number of piperidine rings is 1. The normalized spacial score (nSPS) is 25.7. The van der Waals surface area contributed by atoms with Gasteiger partial charge in [0, 0.05) is 29.6 Å². The molecule has 1 N–H and O–H groups in total. The van der Waals surface area contributed by atoms with Gasteiger partial charge in [-0.1, -0.05) is 43.9 Å². The van der Waals surface area contributed by atoms with E-state index < -0.39 is 17.3 Å². The van der Waals surface area contributed by atoms with E-state index in [1.165, 1.54) is 0 Å². The van der Waals surface area contributed by atoms with Crippen LogP contribution in [0.25, 0.3) is 11.0 Å². The Morgan fingerprint density at radius 1 is 0.977 bits per heavy atom. The van der Waals surface area contributed by atoms with Gasteiger partial charge in [0.25, 0.3) is 11.5 Å². The first-order chi connectivity index (χ1) is 20.7. The van der Waals surface area contributed by atoms with Crippen LogP contribution in [0.4, 0.5) is 14.6 Å². The molecule has 8 bridgehead atoms. The number of aryl methyl sites for hydroxylation is 2. The molecule has 1 saturated carbocycles. The van der Waals surface area contributed by atoms with Crippen LogP contribution in [-0.4, -0.2) is 39.1 Å². The number of nitrogens with one attached hydrogen (secondary N) is 1. The maximum absolute atomic E-state index is 15.9. The van der Waals surface area contributed by atoms with Gasteiger partial charge in [0.05, 0.1) is 16.9 Å². The zero-order valence-corrected chi connectivity index (χ0v) is 25.3. The molecule has 228 valence electrons. The first kappa shape index (κ1) is 29.7. The Bertz CT molecular complexity index is 1580. The molecule has 0 spiro atoms. The molecule has 1 saturated heterocycles. The number of alkyl halides is 2. The first-order valence-corrected chi connectivity index (χ1v) is 16.0. The summed E-state index contributed by atoms with van der Waals surface area (Å²) in [6, 6.07) is 10.6. The van der Waals surface area contributed by atoms with Gasteiger partial charge in [0.1, 0.15) is 17.3 Å². The fourth-order valence-corrected chi connectivity index (χ4v) is 6.95. The summed E-state index contributed by atoms with van der Waals surface area (Å²) in [6.45, 7) is 6.68. The van der Waals surface area contributed by atoms with Crippen LogP contribution < -0.4 is 10.9 Å². The number of benzene rings is 1. The number of rotatable bonds is 1. The van der Waals surface area contributed by atoms with Crippen molar-refractivity contribution in [1.82, 2.24) is 19.4 Å². The van der Waals surface area contributed by atoms with Crippen molar-refractivity contribution in [1.29, 1.82) is 5.26 Å². The molecule has 2 aromatic heterocycles. The maximum atomic E-state index is 15.9. The van der Waals surface area contributed by atoms with Crippen molar-refractivity contribution in [3.8, 4) is 6.07 Å². The molecule has 0 radical (unpaired) electrons. The summed E-state index contributed by atoms with van der Waals surface area (Å²) in [6.07, 6.45) is 8.59. The van der Waals surface area contributed by atoms with Gasteiger partial charge in [-0.15, -0.1) is 0 Å². The lowest BCUT2D eigenvalue weighted by Gasteiger charge is -2.36. The van der Waals surface area contributed by atoms with Crippen LogP contribution >= 0.6 is 0 Å². The van der Waals surface area contributed by atoms with Crippen molar-refractivity contribution < 1.29 is 8.78 Å². The standard InChI is InChI=1S/C34H42F2N6O/c1-23-25-10-9-11-27(20-25)34(35,36)26-12-18-41(19-13-26)16-7-5-3-4-6-8-17-42-31-28(30(38-23)39-24(2)40-31)21-29(32(42)43)33(22-37)14-15-33/h9-11,20-21,23,26H,3-8,12-19H2,1-2H3,(H,38,39,40)/t23-/m1/s1. The summed E-state index contributed by atoms with van der Waals surface area (Å²) in [5.74, 6) is -2.51. The summed E-state index contributed by atoms with van der Waals surface area (Å²) in [7, 11) is 0. The highest BCUT2D eigenvalue weighted by molar-refractivity contribution is 5.88. The quantitative estimate of drug-likeness (QED) is 0.330. The molecule has 0 amide bonds. The molecule has 9 heteroatoms. The lowest BCUT2D eigenvalue weighted by atomic mass is 9.85. The van der Waals surface area contributed by atoms with Gasteiger partial charge < -0.3 is 10.2 Å². The molecule has 43 heavy (non-hydrogen) atoms. The van der Waals surface area contributed by atoms with Gasteiger partial charge in [0.2, 0.25) is 0 Å². The zero-order chi connectivity index (χ0) is 30.2. The van der Waals surface area contributed by atoms with Crippen molar-refractivity contribution in [3.63, 3.8) is 0 Å². The summed E-state index contributed by atoms with van der Waals surface area (Å²) >= 11 is 0. The Morgan fingerprint density at radius 2 is 1.67 bits per heavy atom. The average Bonchev–Trinajstić information content (AvgIpc) is 3.80. The van der Waals surface area contributed by atoms with Gasteiger partial charge in [0.15, 0.2) is 0 Å². The molecule has 3 aromatic rings. The maximum Gasteiger partial charge on any atom is 0.276 e. The van der Waals surface area contributed by atoms with Gasteiger partial charge >= 0.3 is 0 Å². The second-order valence-electron chi connectivity index (χ2n) is 12.9. The number of hydrogen-bond donors (Lipinski definition) is 1. The Balaban J connectivity index is 1.41. The number of halogens is 2. The van der Waals surface area contributed by atoms with Crippen molar-refractivity contribution in [2.75, 3.05) is 25.0 Å². The third kappa shape index (κ3) is 5.91. The first-order valence-electron chi connectivity index (χ1n) is 16.0. The van der Waals surface area contributed by atoms with E-state index in [1.807, 2.05) is 13.0 Å². The number of fused-ring (bicyclic) bond motifs is 10. The summed E-state index contributed by atoms with van der Waals surface area (Å²) in [4.78, 5) is 25.6. The molecule has 7 nitrogen and oxygen atoms in total. The fourth-order valence-electron chi connectivity index (χ4n) is 6.95. The van der Waals surface area contributed by atoms with E-state index in [0.717, 1.165) is 63.7 Å². The number of nitrogens with zero attached hydrogens (tertiary/aromatic N) is 5. The fraction of sp³-hybridized carbons (Fsp3) is 0.588. The molecule has 1 aromatic carbocycles. The second kappa shape index (κ2) is 12.0. The van der Waals surface area contributed by atoms with E-state index in [2.05, 4.69) is 16.3 Å². The number of nitriles is 1. The van der Waals surface area contributed by atoms with Crippen molar-refractivity contribution in [3.05, 3.63) is 63.2 Å². The van der Waals surface area contributed by atoms with Crippen LogP contribution in [0.2, 0.25) is 0 Å². The van der Waals surface area contributed by atoms with Crippen molar-refractivity contribution >= 4 is 16.9 Å². The molecule has 0 unspecified atom stereocenters. The number of pyridine rings is 1. The molecule has 5 heterocycles. The number of aromatic nitrogens is 3. The topological polar surface area (TPSA) is 86.8 Å². The minimum Gasteiger partial charge on any atom is -0.363 e. The number of anilines is 1. The predicted octanol–water partition coefficient (Wildman–Crippen LogP) is 6.99. The van der Waals surface area contributed by atoms with Crippen molar-refractivity contribution in [2.45, 2.75) is 102 Å². The monoisotopic (exact) mass is 588 g/mol. The van der Waals surface area contributed by atoms with E-state index >= 15 is 8.78 Å². The number of hydrogen-bond acceptors (Lipinski definition) is 6. The summed E-state index contributed by atoms with van der Waals surface area (Å²) in [5, 5.41) is 14.1. The van der Waals surface area contributed by atoms with Crippen LogP contribution in [0.1, 0.15) is 99.7 Å². The minimum atomic E-state index is -2.90. The minimum absolute atomic E-state index is 0.0591. The molecule has 1 aliphatic carbocycles. The zero-order valence-electron chi connectivity index (χ0n) is 25.3. The van der Waals surface area contributed by atoms with Crippen LogP contribution in [0.15, 0.2) is 35.1 Å². The molecular weight excluding hydrogens is 546 g/mol. The van der Waals surface area contributed by atoms with Crippen LogP contribution in [0.3, 0.4) is 0 Å². The SMILES string of the molecule is Cc1nc2c3cc(C4(C#N)CC4)c(=O)n(c3n1)CCCCCCCCN1CCC(CC1)C(F)(F)c1cccc(c1)[C@@H](C)N2. The van der Waals surface area contributed by atoms with Gasteiger partial charge in [-0.05, 0) is 89.7 Å². The van der Waals surface area contributed by atoms with Crippen LogP contribution in [-0.2, 0) is 17.9 Å². The molecular formula is C34H42F2N6O. The van der Waals surface area contributed by atoms with Crippen LogP contribution in [0, 0.1) is 24.2 Å². The van der Waals surface area contributed by atoms with Gasteiger partial charge in [-0.3, -0.25) is 9.36 Å². The molecule has 2 fully saturated rings. The lowest BCUT2D eigenvalue weighted by Crippen LogP contribution is -2.40. The highest BCUT2D eigenvalue weighted by atomic mass is 19.3. The highest BCUT2D eigenvalue weighted by Crippen LogP contribution is 2.47. The Kier molecular flexibility index (Phi) is 8.25. The van der Waals surface area contributed by atoms with E-state index in [0.29, 0.717) is 60.5 Å². The third-order valence-corrected chi connectivity index (χ3v) is 9.87. The smallest absolute Gasteiger partial charge is 0.276 e. The predicted molar refractivity (Wildman–Crippen MR) is 164 cm³/mol. The average molecular weight is 589 g/mol. The Labute approximate surface area is 252 Å². The molecule has 4 aliphatic rings. The molecule has 3 aliphatic heterocycles. The molecule has 1 atom stereocenters. The van der Waals surface area contributed by atoms with E-state index in [4.69, 9.17) is 9.97 Å². The molecule has 7 rings (SSSR count). The van der Waals surface area contributed by atoms with Crippen molar-refractivity contribution in [2.24, 2.45) is 5.92 Å². The van der Waals surface area contributed by atoms with Crippen LogP contribution in [0.5, 0.6) is 0 Å². The second-order valence-corrected chi connectivity index (χ2v) is 12.9. The third-order valence-electron chi connectivity index (χ3n) is 9.87. The van der Waals surface area contributed by atoms with Gasteiger partial charge in [-0.25, -0.2) is 18.7 Å². The Morgan fingerprint density at radius 3 is 2.37 bits per heavy atom. The highest BCUT2D eigenvalue weighted by Gasteiger charge is 2.47. The van der Waals surface area contributed by atoms with E-state index in [1.54, 1.807) is 35.8 Å². The summed E-state index contributed by atoms with van der Waals surface area (Å²) < 4.78 is 33.5. The largest absolute Gasteiger partial charge is 0.363 e. The lowest BCUT2D eigenvalue weighted by molar-refractivity contribution is -0.0855. The van der Waals surface area contributed by atoms with E-state index in [9.17, 15) is 10.1 Å². The van der Waals surface area contributed by atoms with E-state index in [-0.39, 0.29) is 17.2 Å². The summed E-state index contributed by atoms with van der Waals surface area (Å²) in [5.41, 5.74) is 0.955. The Hall–Kier alpha value is -3.38. The van der Waals surface area contributed by atoms with Gasteiger partial charge in [-0.2, -0.15) is 5.26 Å².